The largest absolute Gasteiger partial charge is 0.480 e. The molecule has 0 saturated carbocycles. The molecule has 4 N–H and O–H groups in total. The van der Waals surface area contributed by atoms with Crippen LogP contribution in [0.1, 0.15) is 12.0 Å². The first kappa shape index (κ1) is 16.4. The maximum atomic E-state index is 12.1. The maximum Gasteiger partial charge on any atom is 0.322 e. The van der Waals surface area contributed by atoms with E-state index in [9.17, 15) is 18.0 Å². The molecule has 110 valence electrons. The van der Waals surface area contributed by atoms with Gasteiger partial charge in [0.25, 0.3) is 0 Å². The molecule has 1 aromatic carbocycles. The first-order chi connectivity index (χ1) is 9.13. The lowest BCUT2D eigenvalue weighted by atomic mass is 10.2. The predicted octanol–water partition coefficient (Wildman–Crippen LogP) is 0.255. The first-order valence-electron chi connectivity index (χ1n) is 5.43. The Morgan fingerprint density at radius 2 is 2.05 bits per heavy atom. The number of carboxylic acid groups (broad SMARTS) is 1. The lowest BCUT2D eigenvalue weighted by Gasteiger charge is -2.14. The van der Waals surface area contributed by atoms with Crippen molar-refractivity contribution in [2.45, 2.75) is 24.3 Å². The van der Waals surface area contributed by atoms with Gasteiger partial charge in [0.2, 0.25) is 15.9 Å². The molecule has 0 aliphatic heterocycles. The van der Waals surface area contributed by atoms with E-state index in [1.165, 1.54) is 25.1 Å². The zero-order valence-electron chi connectivity index (χ0n) is 10.5. The van der Waals surface area contributed by atoms with E-state index in [0.717, 1.165) is 0 Å². The number of amides is 1. The van der Waals surface area contributed by atoms with Crippen LogP contribution in [0.4, 0.5) is 0 Å². The topological polar surface area (TPSA) is 127 Å². The van der Waals surface area contributed by atoms with Crippen LogP contribution in [0.2, 0.25) is 5.02 Å². The number of sulfonamides is 1. The molecule has 7 nitrogen and oxygen atoms in total. The highest BCUT2D eigenvalue weighted by Crippen LogP contribution is 2.20. The molecule has 1 aromatic rings. The number of carboxylic acids is 1. The zero-order valence-corrected chi connectivity index (χ0v) is 12.0. The minimum atomic E-state index is -4.13. The van der Waals surface area contributed by atoms with Crippen LogP contribution in [0.25, 0.3) is 0 Å². The van der Waals surface area contributed by atoms with Crippen molar-refractivity contribution in [1.82, 2.24) is 4.72 Å². The van der Waals surface area contributed by atoms with E-state index >= 15 is 0 Å². The van der Waals surface area contributed by atoms with Crippen LogP contribution < -0.4 is 10.5 Å². The molecule has 0 radical (unpaired) electrons. The summed E-state index contributed by atoms with van der Waals surface area (Å²) in [5.41, 5.74) is 5.28. The molecule has 0 aromatic heterocycles. The highest BCUT2D eigenvalue weighted by Gasteiger charge is 2.27. The highest BCUT2D eigenvalue weighted by atomic mass is 35.5. The molecule has 0 saturated heterocycles. The normalized spacial score (nSPS) is 12.9. The summed E-state index contributed by atoms with van der Waals surface area (Å²) in [7, 11) is -4.13. The first-order valence-corrected chi connectivity index (χ1v) is 7.29. The second kappa shape index (κ2) is 6.21. The Bertz CT molecular complexity index is 644. The quantitative estimate of drug-likeness (QED) is 0.692. The summed E-state index contributed by atoms with van der Waals surface area (Å²) >= 11 is 5.72. The van der Waals surface area contributed by atoms with E-state index in [2.05, 4.69) is 0 Å². The van der Waals surface area contributed by atoms with Gasteiger partial charge in [0.05, 0.1) is 11.3 Å². The Kier molecular flexibility index (Phi) is 5.09. The van der Waals surface area contributed by atoms with Crippen molar-refractivity contribution in [1.29, 1.82) is 0 Å². The second-order valence-electron chi connectivity index (χ2n) is 4.09. The van der Waals surface area contributed by atoms with Gasteiger partial charge >= 0.3 is 5.97 Å². The Morgan fingerprint density at radius 1 is 1.45 bits per heavy atom. The van der Waals surface area contributed by atoms with Crippen LogP contribution >= 0.6 is 11.6 Å². The van der Waals surface area contributed by atoms with Crippen LogP contribution in [0.15, 0.2) is 23.1 Å². The average molecular weight is 321 g/mol. The van der Waals surface area contributed by atoms with Crippen molar-refractivity contribution in [2.24, 2.45) is 5.73 Å². The summed E-state index contributed by atoms with van der Waals surface area (Å²) in [5, 5.41) is 9.09. The number of carbonyl (C=O) groups excluding carboxylic acids is 1. The number of halogens is 1. The third-order valence-corrected chi connectivity index (χ3v) is 4.29. The molecule has 20 heavy (non-hydrogen) atoms. The minimum absolute atomic E-state index is 0.152. The number of rotatable bonds is 6. The maximum absolute atomic E-state index is 12.1. The molecule has 0 heterocycles. The Labute approximate surface area is 120 Å². The van der Waals surface area contributed by atoms with E-state index in [0.29, 0.717) is 5.56 Å². The molecule has 0 bridgehead atoms. The number of nitrogens with two attached hydrogens (primary N) is 1. The Balaban J connectivity index is 3.12. The number of aliphatic carboxylic acids is 1. The van der Waals surface area contributed by atoms with Crippen LogP contribution in [0, 0.1) is 6.92 Å². The number of nitrogens with one attached hydrogen (secondary N) is 1. The lowest BCUT2D eigenvalue weighted by molar-refractivity contribution is -0.140. The monoisotopic (exact) mass is 320 g/mol. The fourth-order valence-corrected chi connectivity index (χ4v) is 3.19. The Hall–Kier alpha value is -1.64. The van der Waals surface area contributed by atoms with Crippen molar-refractivity contribution < 1.29 is 23.1 Å². The summed E-state index contributed by atoms with van der Waals surface area (Å²) in [5.74, 6) is -2.42. The van der Waals surface area contributed by atoms with Crippen molar-refractivity contribution in [3.05, 3.63) is 28.8 Å². The van der Waals surface area contributed by atoms with Gasteiger partial charge in [-0.25, -0.2) is 8.42 Å². The van der Waals surface area contributed by atoms with Gasteiger partial charge in [-0.2, -0.15) is 4.72 Å². The third-order valence-electron chi connectivity index (χ3n) is 2.44. The van der Waals surface area contributed by atoms with Gasteiger partial charge in [0.1, 0.15) is 6.04 Å². The Morgan fingerprint density at radius 3 is 2.55 bits per heavy atom. The molecule has 0 fully saturated rings. The second-order valence-corrected chi connectivity index (χ2v) is 6.21. The lowest BCUT2D eigenvalue weighted by Crippen LogP contribution is -2.43. The third kappa shape index (κ3) is 4.19. The van der Waals surface area contributed by atoms with Gasteiger partial charge in [-0.05, 0) is 24.6 Å². The van der Waals surface area contributed by atoms with Gasteiger partial charge in [0, 0.05) is 5.02 Å². The summed E-state index contributed by atoms with van der Waals surface area (Å²) in [4.78, 5) is 21.5. The summed E-state index contributed by atoms with van der Waals surface area (Å²) in [6.45, 7) is 1.54. The number of carbonyl (C=O) groups is 2. The smallest absolute Gasteiger partial charge is 0.322 e. The fraction of sp³-hybridized carbons (Fsp3) is 0.273. The van der Waals surface area contributed by atoms with Gasteiger partial charge in [0.15, 0.2) is 0 Å². The molecule has 0 aliphatic rings. The van der Waals surface area contributed by atoms with E-state index in [-0.39, 0.29) is 9.92 Å². The van der Waals surface area contributed by atoms with Gasteiger partial charge in [-0.1, -0.05) is 17.7 Å². The number of hydrogen-bond acceptors (Lipinski definition) is 4. The number of benzene rings is 1. The number of hydrogen-bond donors (Lipinski definition) is 3. The summed E-state index contributed by atoms with van der Waals surface area (Å²) < 4.78 is 26.2. The van der Waals surface area contributed by atoms with Crippen LogP contribution in [0.3, 0.4) is 0 Å². The van der Waals surface area contributed by atoms with Crippen molar-refractivity contribution in [3.63, 3.8) is 0 Å². The van der Waals surface area contributed by atoms with Crippen molar-refractivity contribution >= 4 is 33.5 Å². The fourth-order valence-electron chi connectivity index (χ4n) is 1.49. The average Bonchev–Trinajstić information content (AvgIpc) is 2.30. The molecule has 0 spiro atoms. The molecule has 1 amide bonds. The molecule has 0 unspecified atom stereocenters. The summed E-state index contributed by atoms with van der Waals surface area (Å²) in [6.07, 6.45) is -0.645. The molecular weight excluding hydrogens is 308 g/mol. The standard InChI is InChI=1S/C11H13ClN2O5S/c1-6-2-3-7(12)4-9(6)20(18,19)14-8(11(16)17)5-10(13)15/h2-4,8,14H,5H2,1H3,(H2,13,15)(H,16,17)/t8-/m0/s1. The van der Waals surface area contributed by atoms with E-state index in [1.54, 1.807) is 0 Å². The van der Waals surface area contributed by atoms with E-state index in [1.807, 2.05) is 4.72 Å². The van der Waals surface area contributed by atoms with Gasteiger partial charge < -0.3 is 10.8 Å². The molecule has 1 rings (SSSR count). The minimum Gasteiger partial charge on any atom is -0.480 e. The zero-order chi connectivity index (χ0) is 15.5. The molecule has 9 heteroatoms. The number of primary amides is 1. The van der Waals surface area contributed by atoms with Gasteiger partial charge in [-0.15, -0.1) is 0 Å². The summed E-state index contributed by atoms with van der Waals surface area (Å²) in [6, 6.07) is 2.56. The SMILES string of the molecule is Cc1ccc(Cl)cc1S(=O)(=O)N[C@@H](CC(N)=O)C(=O)O. The molecular formula is C11H13ClN2O5S. The van der Waals surface area contributed by atoms with Crippen LogP contribution in [-0.4, -0.2) is 31.4 Å². The molecule has 1 atom stereocenters. The van der Waals surface area contributed by atoms with E-state index in [4.69, 9.17) is 22.4 Å². The van der Waals surface area contributed by atoms with Gasteiger partial charge in [-0.3, -0.25) is 9.59 Å². The van der Waals surface area contributed by atoms with E-state index < -0.39 is 34.4 Å². The van der Waals surface area contributed by atoms with Crippen molar-refractivity contribution in [2.75, 3.05) is 0 Å². The van der Waals surface area contributed by atoms with Crippen LogP contribution in [0.5, 0.6) is 0 Å². The number of aryl methyl sites for hydroxylation is 1. The van der Waals surface area contributed by atoms with Crippen LogP contribution in [-0.2, 0) is 19.6 Å². The highest BCUT2D eigenvalue weighted by molar-refractivity contribution is 7.89. The predicted molar refractivity (Wildman–Crippen MR) is 71.7 cm³/mol. The van der Waals surface area contributed by atoms with Crippen molar-refractivity contribution in [3.8, 4) is 0 Å². The molecule has 0 aliphatic carbocycles.